The lowest BCUT2D eigenvalue weighted by Crippen LogP contribution is -2.50. The van der Waals surface area contributed by atoms with Gasteiger partial charge < -0.3 is 9.64 Å². The number of carbonyl (C=O) groups excluding carboxylic acids is 4. The minimum Gasteiger partial charge on any atom is -0.466 e. The van der Waals surface area contributed by atoms with Crippen molar-refractivity contribution < 1.29 is 28.3 Å². The molecule has 0 radical (unpaired) electrons. The zero-order valence-electron chi connectivity index (χ0n) is 22.8. The van der Waals surface area contributed by atoms with E-state index < -0.39 is 6.04 Å². The second-order valence-electron chi connectivity index (χ2n) is 10.4. The normalized spacial score (nSPS) is 22.6. The van der Waals surface area contributed by atoms with Crippen molar-refractivity contribution in [2.45, 2.75) is 50.8 Å². The maximum absolute atomic E-state index is 14.9. The predicted octanol–water partition coefficient (Wildman–Crippen LogP) is 3.22. The monoisotopic (exact) mass is 559 g/mol. The number of nitrogens with zero attached hydrogens (tertiary/aromatic N) is 3. The van der Waals surface area contributed by atoms with Crippen molar-refractivity contribution in [3.8, 4) is 0 Å². The van der Waals surface area contributed by atoms with E-state index in [1.165, 1.54) is 17.8 Å². The third-order valence-corrected chi connectivity index (χ3v) is 8.66. The largest absolute Gasteiger partial charge is 0.466 e. The highest BCUT2D eigenvalue weighted by Gasteiger charge is 2.41. The number of likely N-dealkylation sites (tertiary alicyclic amines) is 1. The molecule has 2 atom stereocenters. The first kappa shape index (κ1) is 29.4. The number of ketones is 1. The molecule has 2 saturated heterocycles. The molecule has 2 aliphatic heterocycles. The van der Waals surface area contributed by atoms with Gasteiger partial charge in [0.05, 0.1) is 25.6 Å². The fraction of sp³-hybridized carbons (Fsp3) is 0.586. The third-order valence-electron chi connectivity index (χ3n) is 7.51. The highest BCUT2D eigenvalue weighted by atomic mass is 32.2. The molecule has 2 heterocycles. The smallest absolute Gasteiger partial charge is 0.307 e. The molecule has 4 rings (SSSR count). The molecule has 10 heteroatoms. The van der Waals surface area contributed by atoms with E-state index in [4.69, 9.17) is 4.74 Å². The van der Waals surface area contributed by atoms with Gasteiger partial charge in [-0.25, -0.2) is 4.39 Å². The first-order valence-corrected chi connectivity index (χ1v) is 14.7. The Bertz CT molecular complexity index is 1110. The van der Waals surface area contributed by atoms with Gasteiger partial charge in [0.15, 0.2) is 10.9 Å². The highest BCUT2D eigenvalue weighted by Crippen LogP contribution is 2.40. The van der Waals surface area contributed by atoms with Crippen LogP contribution in [0.3, 0.4) is 0 Å². The third kappa shape index (κ3) is 7.99. The summed E-state index contributed by atoms with van der Waals surface area (Å²) < 4.78 is 19.8. The number of carbonyl (C=O) groups is 4. The molecule has 1 aromatic rings. The molecular formula is C29H38FN3O5S. The topological polar surface area (TPSA) is 87.2 Å². The molecule has 212 valence electrons. The Morgan fingerprint density at radius 3 is 2.56 bits per heavy atom. The Morgan fingerprint density at radius 2 is 1.90 bits per heavy atom. The van der Waals surface area contributed by atoms with Crippen molar-refractivity contribution in [2.24, 2.45) is 5.92 Å². The quantitative estimate of drug-likeness (QED) is 0.302. The molecule has 2 unspecified atom stereocenters. The van der Waals surface area contributed by atoms with Crippen molar-refractivity contribution in [3.05, 3.63) is 47.3 Å². The van der Waals surface area contributed by atoms with E-state index in [2.05, 4.69) is 0 Å². The van der Waals surface area contributed by atoms with Crippen LogP contribution in [0.25, 0.3) is 0 Å². The Kier molecular flexibility index (Phi) is 10.3. The second-order valence-corrected chi connectivity index (χ2v) is 11.8. The first-order valence-electron chi connectivity index (χ1n) is 13.8. The van der Waals surface area contributed by atoms with E-state index in [-0.39, 0.29) is 52.7 Å². The molecule has 1 aliphatic carbocycles. The number of Topliss-reactive ketones (excluding diaryl/α,β-unsaturated/α-hetero) is 1. The number of thioether (sulfide) groups is 1. The van der Waals surface area contributed by atoms with Crippen LogP contribution in [0.1, 0.15) is 51.1 Å². The number of halogens is 1. The fourth-order valence-electron chi connectivity index (χ4n) is 5.30. The highest BCUT2D eigenvalue weighted by molar-refractivity contribution is 8.14. The maximum Gasteiger partial charge on any atom is 0.307 e. The summed E-state index contributed by atoms with van der Waals surface area (Å²) in [6.07, 6.45) is 4.62. The van der Waals surface area contributed by atoms with Gasteiger partial charge >= 0.3 is 5.97 Å². The second kappa shape index (κ2) is 13.7. The zero-order valence-corrected chi connectivity index (χ0v) is 23.6. The minimum atomic E-state index is -0.657. The van der Waals surface area contributed by atoms with E-state index in [1.807, 2.05) is 15.9 Å². The number of hydrogen-bond donors (Lipinski definition) is 0. The number of amides is 1. The van der Waals surface area contributed by atoms with Crippen LogP contribution in [0.4, 0.5) is 4.39 Å². The number of ether oxygens (including phenoxy) is 1. The summed E-state index contributed by atoms with van der Waals surface area (Å²) in [6, 6.07) is 5.83. The van der Waals surface area contributed by atoms with Crippen molar-refractivity contribution >= 4 is 34.5 Å². The summed E-state index contributed by atoms with van der Waals surface area (Å²) in [5, 5.41) is -0.0256. The van der Waals surface area contributed by atoms with Gasteiger partial charge in [0.2, 0.25) is 5.91 Å². The summed E-state index contributed by atoms with van der Waals surface area (Å²) in [5.74, 6) is -0.621. The van der Waals surface area contributed by atoms with Crippen LogP contribution < -0.4 is 0 Å². The van der Waals surface area contributed by atoms with Crippen molar-refractivity contribution in [3.63, 3.8) is 0 Å². The van der Waals surface area contributed by atoms with Gasteiger partial charge in [-0.3, -0.25) is 29.0 Å². The summed E-state index contributed by atoms with van der Waals surface area (Å²) in [6.45, 7) is 7.02. The lowest BCUT2D eigenvalue weighted by molar-refractivity contribution is -0.144. The van der Waals surface area contributed by atoms with Crippen LogP contribution in [0.15, 0.2) is 35.9 Å². The average Bonchev–Trinajstić information content (AvgIpc) is 3.75. The minimum absolute atomic E-state index is 0.0152. The predicted molar refractivity (Wildman–Crippen MR) is 147 cm³/mol. The van der Waals surface area contributed by atoms with E-state index in [9.17, 15) is 23.6 Å². The molecule has 1 aromatic carbocycles. The van der Waals surface area contributed by atoms with Crippen molar-refractivity contribution in [2.75, 3.05) is 52.4 Å². The van der Waals surface area contributed by atoms with Gasteiger partial charge in [-0.2, -0.15) is 0 Å². The van der Waals surface area contributed by atoms with E-state index in [0.717, 1.165) is 18.4 Å². The standard InChI is InChI=1S/C29H38FN3O5S/c1-3-38-27(36)12-13-31-16-17-32(26(35)19-31)14-10-22-18-33(15-11-25(22)39-20(2)34)28(29(37)21-8-9-21)23-6-4-5-7-24(23)30/h4-7,10,21,25,28H,3,8-9,11-19H2,1-2H3/b22-10+. The molecule has 3 aliphatic rings. The summed E-state index contributed by atoms with van der Waals surface area (Å²) in [7, 11) is 0. The Morgan fingerprint density at radius 1 is 1.13 bits per heavy atom. The van der Waals surface area contributed by atoms with Gasteiger partial charge in [0.25, 0.3) is 0 Å². The number of piperazine rings is 1. The number of rotatable bonds is 11. The summed E-state index contributed by atoms with van der Waals surface area (Å²) in [5.41, 5.74) is 1.39. The molecule has 1 saturated carbocycles. The van der Waals surface area contributed by atoms with Gasteiger partial charge in [0, 0.05) is 62.9 Å². The summed E-state index contributed by atoms with van der Waals surface area (Å²) >= 11 is 1.28. The van der Waals surface area contributed by atoms with Crippen molar-refractivity contribution in [1.82, 2.24) is 14.7 Å². The van der Waals surface area contributed by atoms with Crippen molar-refractivity contribution in [1.29, 1.82) is 0 Å². The average molecular weight is 560 g/mol. The Hall–Kier alpha value is -2.56. The lowest BCUT2D eigenvalue weighted by atomic mass is 9.93. The van der Waals surface area contributed by atoms with Crippen LogP contribution in [0, 0.1) is 11.7 Å². The van der Waals surface area contributed by atoms with Crippen LogP contribution in [0.5, 0.6) is 0 Å². The molecule has 0 N–H and O–H groups in total. The van der Waals surface area contributed by atoms with Crippen LogP contribution in [-0.4, -0.2) is 95.1 Å². The van der Waals surface area contributed by atoms with Gasteiger partial charge in [-0.1, -0.05) is 36.0 Å². The zero-order chi connectivity index (χ0) is 27.9. The Labute approximate surface area is 233 Å². The molecule has 39 heavy (non-hydrogen) atoms. The molecule has 0 bridgehead atoms. The van der Waals surface area contributed by atoms with E-state index in [0.29, 0.717) is 57.9 Å². The molecular weight excluding hydrogens is 521 g/mol. The van der Waals surface area contributed by atoms with Gasteiger partial charge in [0.1, 0.15) is 5.82 Å². The molecule has 8 nitrogen and oxygen atoms in total. The first-order chi connectivity index (χ1) is 18.8. The SMILES string of the molecule is CCOC(=O)CCN1CCN(C/C=C2\CN(C(C(=O)C3CC3)c3ccccc3F)CCC2SC(C)=O)C(=O)C1. The van der Waals surface area contributed by atoms with Crippen LogP contribution >= 0.6 is 11.8 Å². The lowest BCUT2D eigenvalue weighted by Gasteiger charge is -2.39. The number of esters is 1. The molecule has 0 spiro atoms. The molecule has 3 fully saturated rings. The number of benzene rings is 1. The van der Waals surface area contributed by atoms with Crippen LogP contribution in [0.2, 0.25) is 0 Å². The van der Waals surface area contributed by atoms with E-state index in [1.54, 1.807) is 36.9 Å². The van der Waals surface area contributed by atoms with Gasteiger partial charge in [-0.05, 0) is 37.8 Å². The fourth-order valence-corrected chi connectivity index (χ4v) is 6.25. The van der Waals surface area contributed by atoms with Gasteiger partial charge in [-0.15, -0.1) is 0 Å². The maximum atomic E-state index is 14.9. The van der Waals surface area contributed by atoms with Crippen LogP contribution in [-0.2, 0) is 23.9 Å². The number of piperidine rings is 1. The molecule has 0 aromatic heterocycles. The Balaban J connectivity index is 1.45. The summed E-state index contributed by atoms with van der Waals surface area (Å²) in [4.78, 5) is 55.7. The van der Waals surface area contributed by atoms with E-state index >= 15 is 0 Å². The number of hydrogen-bond acceptors (Lipinski definition) is 8. The molecule has 1 amide bonds.